The number of carboxylic acid groups (broad SMARTS) is 1. The molecule has 1 aromatic carbocycles. The van der Waals surface area contributed by atoms with E-state index in [1.807, 2.05) is 30.0 Å². The minimum absolute atomic E-state index is 0.230. The Hall–Kier alpha value is -1.00. The quantitative estimate of drug-likeness (QED) is 0.848. The Balaban J connectivity index is 2.19. The smallest absolute Gasteiger partial charge is 0.306 e. The number of aryl methyl sites for hydroxylation is 1. The molecule has 0 radical (unpaired) electrons. The maximum atomic E-state index is 10.5. The molecule has 2 rings (SSSR count). The zero-order valence-electron chi connectivity index (χ0n) is 8.85. The van der Waals surface area contributed by atoms with Gasteiger partial charge in [-0.15, -0.1) is 11.8 Å². The van der Waals surface area contributed by atoms with Crippen LogP contribution in [0.25, 0.3) is 0 Å². The number of aliphatic hydroxyl groups is 1. The van der Waals surface area contributed by atoms with Crippen molar-refractivity contribution < 1.29 is 15.0 Å². The Kier molecular flexibility index (Phi) is 3.51. The molecule has 1 aromatic rings. The van der Waals surface area contributed by atoms with Crippen LogP contribution in [0.3, 0.4) is 0 Å². The number of carboxylic acids is 1. The first-order chi connectivity index (χ1) is 7.66. The summed E-state index contributed by atoms with van der Waals surface area (Å²) in [5, 5.41) is 18.3. The van der Waals surface area contributed by atoms with Crippen molar-refractivity contribution in [3.63, 3.8) is 0 Å². The summed E-state index contributed by atoms with van der Waals surface area (Å²) in [6.45, 7) is 0. The summed E-state index contributed by atoms with van der Waals surface area (Å²) < 4.78 is 0. The fourth-order valence-corrected chi connectivity index (χ4v) is 2.89. The van der Waals surface area contributed by atoms with Gasteiger partial charge in [0.1, 0.15) is 0 Å². The summed E-state index contributed by atoms with van der Waals surface area (Å²) in [5.74, 6) is 0.170. The lowest BCUT2D eigenvalue weighted by atomic mass is 10.0. The highest BCUT2D eigenvalue weighted by molar-refractivity contribution is 7.99. The first kappa shape index (κ1) is 11.5. The van der Waals surface area contributed by atoms with E-state index in [9.17, 15) is 9.90 Å². The van der Waals surface area contributed by atoms with E-state index in [0.717, 1.165) is 18.6 Å². The molecule has 4 heteroatoms. The van der Waals surface area contributed by atoms with Gasteiger partial charge in [0.25, 0.3) is 0 Å². The zero-order valence-corrected chi connectivity index (χ0v) is 9.67. The van der Waals surface area contributed by atoms with E-state index in [4.69, 9.17) is 5.11 Å². The molecule has 0 saturated heterocycles. The van der Waals surface area contributed by atoms with Crippen LogP contribution in [0, 0.1) is 0 Å². The molecule has 16 heavy (non-hydrogen) atoms. The molecule has 0 bridgehead atoms. The molecule has 0 aliphatic carbocycles. The largest absolute Gasteiger partial charge is 0.481 e. The van der Waals surface area contributed by atoms with Gasteiger partial charge in [-0.3, -0.25) is 4.79 Å². The molecular weight excluding hydrogens is 224 g/mol. The summed E-state index contributed by atoms with van der Waals surface area (Å²) in [6, 6.07) is 5.75. The average molecular weight is 238 g/mol. The van der Waals surface area contributed by atoms with Crippen LogP contribution in [0.5, 0.6) is 0 Å². The highest BCUT2D eigenvalue weighted by atomic mass is 32.2. The van der Waals surface area contributed by atoms with Gasteiger partial charge in [0, 0.05) is 4.90 Å². The van der Waals surface area contributed by atoms with Crippen molar-refractivity contribution in [3.05, 3.63) is 29.3 Å². The van der Waals surface area contributed by atoms with Crippen molar-refractivity contribution in [2.45, 2.75) is 30.3 Å². The second-order valence-corrected chi connectivity index (χ2v) is 5.07. The van der Waals surface area contributed by atoms with Crippen LogP contribution in [0.4, 0.5) is 0 Å². The predicted octanol–water partition coefficient (Wildman–Crippen LogP) is 2.23. The summed E-state index contributed by atoms with van der Waals surface area (Å²) in [6.07, 6.45) is 1.05. The molecule has 0 fully saturated rings. The predicted molar refractivity (Wildman–Crippen MR) is 62.7 cm³/mol. The number of hydrogen-bond acceptors (Lipinski definition) is 3. The number of rotatable bonds is 3. The van der Waals surface area contributed by atoms with Gasteiger partial charge in [0.2, 0.25) is 0 Å². The van der Waals surface area contributed by atoms with Gasteiger partial charge in [-0.05, 0) is 35.8 Å². The van der Waals surface area contributed by atoms with Gasteiger partial charge in [-0.1, -0.05) is 12.1 Å². The monoisotopic (exact) mass is 238 g/mol. The van der Waals surface area contributed by atoms with Crippen LogP contribution in [0.1, 0.15) is 30.1 Å². The minimum atomic E-state index is -0.973. The zero-order chi connectivity index (χ0) is 11.5. The number of carbonyl (C=O) groups is 1. The van der Waals surface area contributed by atoms with Crippen LogP contribution in [0.2, 0.25) is 0 Å². The maximum Gasteiger partial charge on any atom is 0.306 e. The highest BCUT2D eigenvalue weighted by Gasteiger charge is 2.15. The minimum Gasteiger partial charge on any atom is -0.481 e. The normalized spacial score (nSPS) is 16.6. The Morgan fingerprint density at radius 2 is 2.31 bits per heavy atom. The van der Waals surface area contributed by atoms with Gasteiger partial charge >= 0.3 is 5.97 Å². The van der Waals surface area contributed by atoms with Crippen molar-refractivity contribution in [1.82, 2.24) is 0 Å². The van der Waals surface area contributed by atoms with Gasteiger partial charge in [0.15, 0.2) is 0 Å². The Morgan fingerprint density at radius 1 is 1.50 bits per heavy atom. The third kappa shape index (κ3) is 2.57. The van der Waals surface area contributed by atoms with E-state index in [1.54, 1.807) is 0 Å². The van der Waals surface area contributed by atoms with Crippen molar-refractivity contribution in [1.29, 1.82) is 0 Å². The molecule has 1 aliphatic heterocycles. The van der Waals surface area contributed by atoms with Gasteiger partial charge in [-0.25, -0.2) is 0 Å². The van der Waals surface area contributed by atoms with Crippen molar-refractivity contribution in [3.8, 4) is 0 Å². The molecule has 1 unspecified atom stereocenters. The van der Waals surface area contributed by atoms with Crippen molar-refractivity contribution in [2.75, 3.05) is 5.75 Å². The molecular formula is C12H14O3S. The number of hydrogen-bond donors (Lipinski definition) is 2. The number of fused-ring (bicyclic) bond motifs is 1. The molecule has 0 saturated carbocycles. The topological polar surface area (TPSA) is 57.5 Å². The van der Waals surface area contributed by atoms with Crippen LogP contribution in [-0.4, -0.2) is 21.9 Å². The molecule has 2 N–H and O–H groups in total. The van der Waals surface area contributed by atoms with E-state index in [1.165, 1.54) is 10.5 Å². The van der Waals surface area contributed by atoms with E-state index >= 15 is 0 Å². The summed E-state index contributed by atoms with van der Waals surface area (Å²) >= 11 is 1.83. The maximum absolute atomic E-state index is 10.5. The molecule has 1 heterocycles. The molecule has 1 aliphatic rings. The second kappa shape index (κ2) is 4.89. The lowest BCUT2D eigenvalue weighted by molar-refractivity contribution is -0.139. The standard InChI is InChI=1S/C12H14O3S/c13-10(7-12(14)15)8-3-4-11-9(6-8)2-1-5-16-11/h3-4,6,10,13H,1-2,5,7H2,(H,14,15). The fourth-order valence-electron chi connectivity index (χ4n) is 1.87. The first-order valence-corrected chi connectivity index (χ1v) is 6.31. The van der Waals surface area contributed by atoms with E-state index in [2.05, 4.69) is 0 Å². The molecule has 0 aromatic heterocycles. The average Bonchev–Trinajstić information content (AvgIpc) is 2.27. The third-order valence-electron chi connectivity index (χ3n) is 2.69. The fraction of sp³-hybridized carbons (Fsp3) is 0.417. The molecule has 1 atom stereocenters. The summed E-state index contributed by atoms with van der Waals surface area (Å²) in [7, 11) is 0. The molecule has 0 spiro atoms. The number of aliphatic hydroxyl groups excluding tert-OH is 1. The van der Waals surface area contributed by atoms with Crippen molar-refractivity contribution in [2.24, 2.45) is 0 Å². The van der Waals surface area contributed by atoms with E-state index < -0.39 is 12.1 Å². The lowest BCUT2D eigenvalue weighted by Crippen LogP contribution is -2.07. The summed E-state index contributed by atoms with van der Waals surface area (Å²) in [5.41, 5.74) is 1.95. The van der Waals surface area contributed by atoms with Crippen LogP contribution in [-0.2, 0) is 11.2 Å². The van der Waals surface area contributed by atoms with E-state index in [0.29, 0.717) is 5.56 Å². The van der Waals surface area contributed by atoms with Gasteiger partial charge in [0.05, 0.1) is 12.5 Å². The van der Waals surface area contributed by atoms with Crippen molar-refractivity contribution >= 4 is 17.7 Å². The second-order valence-electron chi connectivity index (χ2n) is 3.93. The highest BCUT2D eigenvalue weighted by Crippen LogP contribution is 2.32. The number of aliphatic carboxylic acids is 1. The Morgan fingerprint density at radius 3 is 3.06 bits per heavy atom. The number of benzene rings is 1. The Bertz CT molecular complexity index is 403. The number of thioether (sulfide) groups is 1. The Labute approximate surface area is 98.5 Å². The van der Waals surface area contributed by atoms with Crippen LogP contribution >= 0.6 is 11.8 Å². The molecule has 0 amide bonds. The molecule has 3 nitrogen and oxygen atoms in total. The van der Waals surface area contributed by atoms with Gasteiger partial charge < -0.3 is 10.2 Å². The van der Waals surface area contributed by atoms with Crippen LogP contribution in [0.15, 0.2) is 23.1 Å². The lowest BCUT2D eigenvalue weighted by Gasteiger charge is -2.17. The summed E-state index contributed by atoms with van der Waals surface area (Å²) in [4.78, 5) is 11.8. The van der Waals surface area contributed by atoms with E-state index in [-0.39, 0.29) is 6.42 Å². The van der Waals surface area contributed by atoms with Gasteiger partial charge in [-0.2, -0.15) is 0 Å². The first-order valence-electron chi connectivity index (χ1n) is 5.32. The third-order valence-corrected chi connectivity index (χ3v) is 3.89. The van der Waals surface area contributed by atoms with Crippen LogP contribution < -0.4 is 0 Å². The molecule has 86 valence electrons. The SMILES string of the molecule is O=C(O)CC(O)c1ccc2c(c1)CCCS2.